The number of hydrogen-bond donors (Lipinski definition) is 1. The van der Waals surface area contributed by atoms with E-state index in [2.05, 4.69) is 5.10 Å². The lowest BCUT2D eigenvalue weighted by atomic mass is 10.3. The zero-order chi connectivity index (χ0) is 7.56. The molecule has 0 radical (unpaired) electrons. The number of nitriles is 1. The Morgan fingerprint density at radius 2 is 2.60 bits per heavy atom. The molecule has 0 aliphatic heterocycles. The number of anilines is 1. The largest absolute Gasteiger partial charge is 0.382 e. The van der Waals surface area contributed by atoms with Crippen molar-refractivity contribution in [2.45, 2.75) is 13.3 Å². The topological polar surface area (TPSA) is 67.6 Å². The fourth-order valence-corrected chi connectivity index (χ4v) is 0.779. The first-order valence-corrected chi connectivity index (χ1v) is 3.02. The van der Waals surface area contributed by atoms with Gasteiger partial charge in [-0.25, -0.2) is 0 Å². The number of nitrogens with two attached hydrogens (primary N) is 1. The predicted molar refractivity (Wildman–Crippen MR) is 37.0 cm³/mol. The second kappa shape index (κ2) is 2.40. The predicted octanol–water partition coefficient (Wildman–Crippen LogP) is 0.357. The van der Waals surface area contributed by atoms with Crippen molar-refractivity contribution in [1.29, 1.82) is 5.26 Å². The van der Waals surface area contributed by atoms with Crippen molar-refractivity contribution in [2.24, 2.45) is 0 Å². The Bertz CT molecular complexity index is 268. The molecule has 0 spiro atoms. The summed E-state index contributed by atoms with van der Waals surface area (Å²) in [6.45, 7) is 1.95. The summed E-state index contributed by atoms with van der Waals surface area (Å²) in [4.78, 5) is 0. The summed E-state index contributed by atoms with van der Waals surface area (Å²) in [5.74, 6) is 0.401. The summed E-state index contributed by atoms with van der Waals surface area (Å²) in [5, 5.41) is 12.2. The first-order valence-electron chi connectivity index (χ1n) is 3.02. The van der Waals surface area contributed by atoms with Crippen LogP contribution in [-0.4, -0.2) is 9.78 Å². The van der Waals surface area contributed by atoms with E-state index in [1.165, 1.54) is 4.68 Å². The van der Waals surface area contributed by atoms with Crippen LogP contribution in [0.5, 0.6) is 0 Å². The first-order chi connectivity index (χ1) is 4.77. The summed E-state index contributed by atoms with van der Waals surface area (Å²) in [6.07, 6.45) is 2.67. The maximum atomic E-state index is 8.46. The number of rotatable bonds is 1. The molecule has 10 heavy (non-hydrogen) atoms. The monoisotopic (exact) mass is 136 g/mol. The fraction of sp³-hybridized carbons (Fsp3) is 0.333. The summed E-state index contributed by atoms with van der Waals surface area (Å²) in [5.41, 5.74) is 6.19. The van der Waals surface area contributed by atoms with E-state index in [4.69, 9.17) is 11.0 Å². The van der Waals surface area contributed by atoms with Crippen LogP contribution in [0.4, 0.5) is 5.82 Å². The molecule has 2 N–H and O–H groups in total. The number of aryl methyl sites for hydroxylation is 1. The van der Waals surface area contributed by atoms with E-state index < -0.39 is 0 Å². The average Bonchev–Trinajstić information content (AvgIpc) is 2.30. The average molecular weight is 136 g/mol. The third-order valence-electron chi connectivity index (χ3n) is 1.26. The Kier molecular flexibility index (Phi) is 1.59. The van der Waals surface area contributed by atoms with Gasteiger partial charge >= 0.3 is 0 Å². The molecular formula is C6H8N4. The van der Waals surface area contributed by atoms with Crippen molar-refractivity contribution in [2.75, 3.05) is 5.73 Å². The summed E-state index contributed by atoms with van der Waals surface area (Å²) < 4.78 is 1.23. The Morgan fingerprint density at radius 1 is 1.90 bits per heavy atom. The highest BCUT2D eigenvalue weighted by Crippen LogP contribution is 2.04. The Balaban J connectivity index is 3.12. The third-order valence-corrected chi connectivity index (χ3v) is 1.26. The highest BCUT2D eigenvalue weighted by molar-refractivity contribution is 5.30. The molecule has 1 heterocycles. The lowest BCUT2D eigenvalue weighted by molar-refractivity contribution is 0.831. The van der Waals surface area contributed by atoms with E-state index >= 15 is 0 Å². The highest BCUT2D eigenvalue weighted by Gasteiger charge is 2.00. The van der Waals surface area contributed by atoms with Crippen LogP contribution >= 0.6 is 0 Å². The number of hydrogen-bond acceptors (Lipinski definition) is 3. The fourth-order valence-electron chi connectivity index (χ4n) is 0.779. The normalized spacial score (nSPS) is 9.20. The maximum Gasteiger partial charge on any atom is 0.206 e. The second-order valence-corrected chi connectivity index (χ2v) is 1.93. The second-order valence-electron chi connectivity index (χ2n) is 1.93. The molecule has 1 rings (SSSR count). The molecule has 0 aliphatic carbocycles. The van der Waals surface area contributed by atoms with Gasteiger partial charge in [-0.15, -0.1) is 5.10 Å². The van der Waals surface area contributed by atoms with Crippen molar-refractivity contribution >= 4 is 5.82 Å². The third kappa shape index (κ3) is 0.935. The molecule has 0 bridgehead atoms. The Hall–Kier alpha value is -1.50. The van der Waals surface area contributed by atoms with E-state index in [0.29, 0.717) is 5.82 Å². The molecule has 4 nitrogen and oxygen atoms in total. The number of nitrogen functional groups attached to an aromatic ring is 1. The molecule has 0 aliphatic rings. The van der Waals surface area contributed by atoms with Gasteiger partial charge < -0.3 is 5.73 Å². The van der Waals surface area contributed by atoms with Crippen LogP contribution in [0.3, 0.4) is 0 Å². The molecule has 0 saturated heterocycles. The van der Waals surface area contributed by atoms with Gasteiger partial charge in [0.1, 0.15) is 5.82 Å². The molecule has 0 amide bonds. The van der Waals surface area contributed by atoms with E-state index in [1.807, 2.05) is 13.1 Å². The smallest absolute Gasteiger partial charge is 0.206 e. The van der Waals surface area contributed by atoms with Crippen LogP contribution in [-0.2, 0) is 6.42 Å². The molecule has 0 atom stereocenters. The first kappa shape index (κ1) is 6.62. The molecule has 4 heteroatoms. The minimum atomic E-state index is 0.401. The van der Waals surface area contributed by atoms with Crippen LogP contribution in [0.1, 0.15) is 12.6 Å². The maximum absolute atomic E-state index is 8.46. The van der Waals surface area contributed by atoms with E-state index in [0.717, 1.165) is 12.1 Å². The van der Waals surface area contributed by atoms with Gasteiger partial charge in [-0.1, -0.05) is 6.92 Å². The number of aromatic nitrogens is 2. The van der Waals surface area contributed by atoms with Gasteiger partial charge in [0.15, 0.2) is 0 Å². The van der Waals surface area contributed by atoms with Crippen molar-refractivity contribution < 1.29 is 0 Å². The Morgan fingerprint density at radius 3 is 3.00 bits per heavy atom. The minimum absolute atomic E-state index is 0.401. The van der Waals surface area contributed by atoms with Gasteiger partial charge in [0.05, 0.1) is 5.69 Å². The molecule has 0 saturated carbocycles. The summed E-state index contributed by atoms with van der Waals surface area (Å²) in [6, 6.07) is 1.70. The molecule has 1 aromatic heterocycles. The molecule has 0 unspecified atom stereocenters. The zero-order valence-corrected chi connectivity index (χ0v) is 5.70. The van der Waals surface area contributed by atoms with Crippen molar-refractivity contribution in [3.8, 4) is 6.19 Å². The van der Waals surface area contributed by atoms with Gasteiger partial charge in [-0.3, -0.25) is 0 Å². The van der Waals surface area contributed by atoms with Gasteiger partial charge in [-0.2, -0.15) is 9.94 Å². The van der Waals surface area contributed by atoms with Crippen molar-refractivity contribution in [3.05, 3.63) is 11.8 Å². The van der Waals surface area contributed by atoms with Crippen LogP contribution < -0.4 is 5.73 Å². The zero-order valence-electron chi connectivity index (χ0n) is 5.70. The van der Waals surface area contributed by atoms with E-state index in [-0.39, 0.29) is 0 Å². The molecule has 0 aromatic carbocycles. The van der Waals surface area contributed by atoms with Crippen molar-refractivity contribution in [1.82, 2.24) is 9.78 Å². The van der Waals surface area contributed by atoms with Crippen LogP contribution in [0.25, 0.3) is 0 Å². The van der Waals surface area contributed by atoms with E-state index in [9.17, 15) is 0 Å². The molecule has 1 aromatic rings. The number of nitrogens with zero attached hydrogens (tertiary/aromatic N) is 3. The van der Waals surface area contributed by atoms with Crippen LogP contribution in [0.15, 0.2) is 6.07 Å². The summed E-state index contributed by atoms with van der Waals surface area (Å²) in [7, 11) is 0. The molecular weight excluding hydrogens is 128 g/mol. The quantitative estimate of drug-likeness (QED) is 0.606. The van der Waals surface area contributed by atoms with Crippen LogP contribution in [0, 0.1) is 11.5 Å². The SMILES string of the molecule is CCc1cc(N)nn1C#N. The van der Waals surface area contributed by atoms with Crippen LogP contribution in [0.2, 0.25) is 0 Å². The minimum Gasteiger partial charge on any atom is -0.382 e. The van der Waals surface area contributed by atoms with E-state index in [1.54, 1.807) is 6.07 Å². The summed E-state index contributed by atoms with van der Waals surface area (Å²) >= 11 is 0. The van der Waals surface area contributed by atoms with Crippen molar-refractivity contribution in [3.63, 3.8) is 0 Å². The lowest BCUT2D eigenvalue weighted by Gasteiger charge is -1.88. The van der Waals surface area contributed by atoms with Gasteiger partial charge in [0.2, 0.25) is 6.19 Å². The highest BCUT2D eigenvalue weighted by atomic mass is 15.3. The molecule has 52 valence electrons. The van der Waals surface area contributed by atoms with Gasteiger partial charge in [0.25, 0.3) is 0 Å². The van der Waals surface area contributed by atoms with Gasteiger partial charge in [0, 0.05) is 6.07 Å². The standard InChI is InChI=1S/C6H8N4/c1-2-5-3-6(8)9-10(5)4-7/h3H,2H2,1H3,(H2,8,9). The molecule has 0 fully saturated rings. The lowest BCUT2D eigenvalue weighted by Crippen LogP contribution is -1.96. The Labute approximate surface area is 58.9 Å². The van der Waals surface area contributed by atoms with Gasteiger partial charge in [-0.05, 0) is 6.42 Å².